The van der Waals surface area contributed by atoms with E-state index >= 15 is 0 Å². The Kier molecular flexibility index (Phi) is 7.68. The summed E-state index contributed by atoms with van der Waals surface area (Å²) in [5.74, 6) is -1.37. The Hall–Kier alpha value is -3.42. The van der Waals surface area contributed by atoms with Crippen molar-refractivity contribution in [2.45, 2.75) is 32.0 Å². The standard InChI is InChI=1S/C26H31N3O4/c1-6-7-10-19(17(3)30)24-16(2)29(18-13-14-21(26(31)32)23(15-18)33-5)25(28-24)20-11-8-9-12-22(20)27-4/h6-15,17,19,21,23,27,30H,1H2,2-5H3,(H,31,32)/b10-7-/t17-,19?,21?,23?/m1/s1. The average molecular weight is 450 g/mol. The third kappa shape index (κ3) is 4.84. The van der Waals surface area contributed by atoms with Crippen molar-refractivity contribution in [1.82, 2.24) is 9.55 Å². The van der Waals surface area contributed by atoms with Gasteiger partial charge >= 0.3 is 5.97 Å². The number of anilines is 1. The first-order valence-electron chi connectivity index (χ1n) is 10.8. The molecule has 7 nitrogen and oxygen atoms in total. The molecule has 0 saturated carbocycles. The first kappa shape index (κ1) is 24.2. The number of aliphatic hydroxyl groups excluding tert-OH is 1. The van der Waals surface area contributed by atoms with Crippen LogP contribution in [0.2, 0.25) is 0 Å². The zero-order valence-corrected chi connectivity index (χ0v) is 19.4. The molecule has 7 heteroatoms. The number of carbonyl (C=O) groups is 1. The molecule has 0 spiro atoms. The maximum atomic E-state index is 11.6. The molecule has 0 bridgehead atoms. The molecule has 0 radical (unpaired) electrons. The van der Waals surface area contributed by atoms with E-state index in [1.165, 1.54) is 7.11 Å². The summed E-state index contributed by atoms with van der Waals surface area (Å²) in [5.41, 5.74) is 4.11. The van der Waals surface area contributed by atoms with Gasteiger partial charge in [0.25, 0.3) is 0 Å². The fourth-order valence-electron chi connectivity index (χ4n) is 4.13. The number of aromatic nitrogens is 2. The van der Waals surface area contributed by atoms with Gasteiger partial charge in [0.2, 0.25) is 0 Å². The van der Waals surface area contributed by atoms with E-state index in [-0.39, 0.29) is 5.92 Å². The SMILES string of the molecule is C=C/C=C\C(c1nc(-c2ccccc2NC)n(C2=CC(OC)C(C(=O)O)C=C2)c1C)[C@@H](C)O. The first-order valence-corrected chi connectivity index (χ1v) is 10.8. The smallest absolute Gasteiger partial charge is 0.313 e. The summed E-state index contributed by atoms with van der Waals surface area (Å²) < 4.78 is 7.47. The Morgan fingerprint density at radius 2 is 2.09 bits per heavy atom. The number of benzene rings is 1. The van der Waals surface area contributed by atoms with E-state index in [4.69, 9.17) is 9.72 Å². The molecule has 1 aromatic heterocycles. The second-order valence-electron chi connectivity index (χ2n) is 7.94. The number of ether oxygens (including phenoxy) is 1. The van der Waals surface area contributed by atoms with E-state index < -0.39 is 24.1 Å². The zero-order chi connectivity index (χ0) is 24.1. The summed E-state index contributed by atoms with van der Waals surface area (Å²) >= 11 is 0. The Labute approximate surface area is 194 Å². The first-order chi connectivity index (χ1) is 15.8. The number of nitrogens with one attached hydrogen (secondary N) is 1. The average Bonchev–Trinajstić information content (AvgIpc) is 3.15. The molecular weight excluding hydrogens is 418 g/mol. The van der Waals surface area contributed by atoms with Crippen LogP contribution in [0.25, 0.3) is 17.1 Å². The van der Waals surface area contributed by atoms with Crippen molar-refractivity contribution in [1.29, 1.82) is 0 Å². The molecule has 1 aromatic carbocycles. The van der Waals surface area contributed by atoms with Gasteiger partial charge in [-0.3, -0.25) is 9.36 Å². The number of hydrogen-bond donors (Lipinski definition) is 3. The van der Waals surface area contributed by atoms with E-state index in [2.05, 4.69) is 11.9 Å². The van der Waals surface area contributed by atoms with Crippen LogP contribution in [0.5, 0.6) is 0 Å². The molecule has 0 fully saturated rings. The number of nitrogens with zero attached hydrogens (tertiary/aromatic N) is 2. The van der Waals surface area contributed by atoms with Gasteiger partial charge in [0, 0.05) is 42.7 Å². The number of methoxy groups -OCH3 is 1. The summed E-state index contributed by atoms with van der Waals surface area (Å²) in [6, 6.07) is 7.83. The van der Waals surface area contributed by atoms with Crippen molar-refractivity contribution >= 4 is 17.4 Å². The monoisotopic (exact) mass is 449 g/mol. The van der Waals surface area contributed by atoms with Gasteiger partial charge in [0.05, 0.1) is 17.9 Å². The van der Waals surface area contributed by atoms with E-state index in [0.29, 0.717) is 5.82 Å². The van der Waals surface area contributed by atoms with Gasteiger partial charge in [-0.1, -0.05) is 43.0 Å². The van der Waals surface area contributed by atoms with Gasteiger partial charge in [-0.05, 0) is 38.1 Å². The van der Waals surface area contributed by atoms with Crippen LogP contribution in [-0.2, 0) is 9.53 Å². The highest BCUT2D eigenvalue weighted by Gasteiger charge is 2.30. The second kappa shape index (κ2) is 10.5. The highest BCUT2D eigenvalue weighted by atomic mass is 16.5. The van der Waals surface area contributed by atoms with E-state index in [9.17, 15) is 15.0 Å². The van der Waals surface area contributed by atoms with Crippen LogP contribution in [0, 0.1) is 12.8 Å². The van der Waals surface area contributed by atoms with Crippen LogP contribution >= 0.6 is 0 Å². The van der Waals surface area contributed by atoms with Crippen molar-refractivity contribution in [3.8, 4) is 11.4 Å². The molecular formula is C26H31N3O4. The number of aliphatic carboxylic acids is 1. The lowest BCUT2D eigenvalue weighted by Crippen LogP contribution is -2.29. The van der Waals surface area contributed by atoms with Gasteiger partial charge in [-0.25, -0.2) is 4.98 Å². The largest absolute Gasteiger partial charge is 0.481 e. The number of aliphatic hydroxyl groups is 1. The fourth-order valence-corrected chi connectivity index (χ4v) is 4.13. The van der Waals surface area contributed by atoms with Gasteiger partial charge < -0.3 is 20.3 Å². The van der Waals surface area contributed by atoms with Crippen molar-refractivity contribution in [2.75, 3.05) is 19.5 Å². The van der Waals surface area contributed by atoms with Gasteiger partial charge in [-0.15, -0.1) is 0 Å². The number of para-hydroxylation sites is 1. The molecule has 0 amide bonds. The minimum Gasteiger partial charge on any atom is -0.481 e. The lowest BCUT2D eigenvalue weighted by Gasteiger charge is -2.24. The zero-order valence-electron chi connectivity index (χ0n) is 19.4. The van der Waals surface area contributed by atoms with Crippen LogP contribution in [0.1, 0.15) is 24.2 Å². The predicted octanol–water partition coefficient (Wildman–Crippen LogP) is 4.23. The lowest BCUT2D eigenvalue weighted by atomic mass is 9.95. The van der Waals surface area contributed by atoms with Crippen LogP contribution in [0.4, 0.5) is 5.69 Å². The topological polar surface area (TPSA) is 96.6 Å². The Morgan fingerprint density at radius 3 is 2.70 bits per heavy atom. The molecule has 1 heterocycles. The van der Waals surface area contributed by atoms with Crippen LogP contribution in [0.15, 0.2) is 67.3 Å². The maximum absolute atomic E-state index is 11.6. The summed E-state index contributed by atoms with van der Waals surface area (Å²) in [4.78, 5) is 16.6. The third-order valence-corrected chi connectivity index (χ3v) is 5.85. The Morgan fingerprint density at radius 1 is 1.36 bits per heavy atom. The molecule has 3 unspecified atom stereocenters. The maximum Gasteiger partial charge on any atom is 0.313 e. The van der Waals surface area contributed by atoms with E-state index in [0.717, 1.165) is 28.3 Å². The molecule has 33 heavy (non-hydrogen) atoms. The van der Waals surface area contributed by atoms with E-state index in [1.807, 2.05) is 48.9 Å². The minimum absolute atomic E-state index is 0.345. The molecule has 4 atom stereocenters. The number of carboxylic acid groups (broad SMARTS) is 1. The summed E-state index contributed by atoms with van der Waals surface area (Å²) in [5, 5.41) is 23.3. The van der Waals surface area contributed by atoms with Crippen LogP contribution < -0.4 is 5.32 Å². The van der Waals surface area contributed by atoms with Gasteiger partial charge in [0.15, 0.2) is 0 Å². The fraction of sp³-hybridized carbons (Fsp3) is 0.308. The van der Waals surface area contributed by atoms with Crippen molar-refractivity contribution in [2.24, 2.45) is 5.92 Å². The normalized spacial score (nSPS) is 19.8. The molecule has 3 rings (SSSR count). The molecule has 1 aliphatic carbocycles. The van der Waals surface area contributed by atoms with Crippen LogP contribution in [-0.4, -0.2) is 52.1 Å². The third-order valence-electron chi connectivity index (χ3n) is 5.85. The van der Waals surface area contributed by atoms with Gasteiger partial charge in [-0.2, -0.15) is 0 Å². The quantitative estimate of drug-likeness (QED) is 0.496. The van der Waals surface area contributed by atoms with Crippen molar-refractivity contribution in [3.05, 3.63) is 78.7 Å². The number of hydrogen-bond acceptors (Lipinski definition) is 5. The molecule has 0 saturated heterocycles. The molecule has 3 N–H and O–H groups in total. The number of rotatable bonds is 9. The van der Waals surface area contributed by atoms with E-state index in [1.54, 1.807) is 37.3 Å². The number of allylic oxidation sites excluding steroid dienone is 4. The van der Waals surface area contributed by atoms with Crippen molar-refractivity contribution < 1.29 is 19.7 Å². The van der Waals surface area contributed by atoms with Gasteiger partial charge in [0.1, 0.15) is 11.7 Å². The predicted molar refractivity (Wildman–Crippen MR) is 131 cm³/mol. The molecule has 1 aliphatic rings. The summed E-state index contributed by atoms with van der Waals surface area (Å²) in [6.07, 6.45) is 9.30. The number of imidazole rings is 1. The number of carboxylic acids is 1. The highest BCUT2D eigenvalue weighted by molar-refractivity contribution is 5.80. The molecule has 0 aliphatic heterocycles. The minimum atomic E-state index is -0.944. The Balaban J connectivity index is 2.27. The second-order valence-corrected chi connectivity index (χ2v) is 7.94. The highest BCUT2D eigenvalue weighted by Crippen LogP contribution is 2.36. The molecule has 2 aromatic rings. The Bertz CT molecular complexity index is 1110. The molecule has 174 valence electrons. The summed E-state index contributed by atoms with van der Waals surface area (Å²) in [6.45, 7) is 7.41. The summed E-state index contributed by atoms with van der Waals surface area (Å²) in [7, 11) is 3.35. The lowest BCUT2D eigenvalue weighted by molar-refractivity contribution is -0.143. The van der Waals surface area contributed by atoms with Crippen molar-refractivity contribution in [3.63, 3.8) is 0 Å². The van der Waals surface area contributed by atoms with Crippen LogP contribution in [0.3, 0.4) is 0 Å².